The van der Waals surface area contributed by atoms with Crippen molar-refractivity contribution in [1.29, 1.82) is 0 Å². The van der Waals surface area contributed by atoms with Gasteiger partial charge in [-0.25, -0.2) is 5.43 Å². The average Bonchev–Trinajstić information content (AvgIpc) is 3.26. The van der Waals surface area contributed by atoms with Crippen LogP contribution in [-0.2, 0) is 11.0 Å². The highest BCUT2D eigenvalue weighted by Crippen LogP contribution is 2.32. The molecule has 0 aliphatic carbocycles. The third-order valence-corrected chi connectivity index (χ3v) is 4.69. The van der Waals surface area contributed by atoms with Crippen LogP contribution in [0.25, 0.3) is 0 Å². The fourth-order valence-electron chi connectivity index (χ4n) is 3.20. The normalized spacial score (nSPS) is 14.1. The van der Waals surface area contributed by atoms with Crippen LogP contribution in [0.4, 0.5) is 30.2 Å². The topological polar surface area (TPSA) is 99.9 Å². The number of nitrogens with one attached hydrogen (secondary N) is 2. The number of benzene rings is 2. The molecule has 0 atom stereocenters. The molecule has 0 unspecified atom stereocenters. The van der Waals surface area contributed by atoms with Gasteiger partial charge in [0.05, 0.1) is 23.2 Å². The Kier molecular flexibility index (Phi) is 6.73. The van der Waals surface area contributed by atoms with Crippen molar-refractivity contribution in [3.8, 4) is 0 Å². The number of halogens is 3. The van der Waals surface area contributed by atoms with Crippen molar-refractivity contribution < 1.29 is 22.9 Å². The molecular weight excluding hydrogens is 415 g/mol. The number of hydrogen-bond acceptors (Lipinski definition) is 6. The lowest BCUT2D eigenvalue weighted by atomic mass is 10.1. The monoisotopic (exact) mass is 435 g/mol. The van der Waals surface area contributed by atoms with E-state index in [0.717, 1.165) is 38.1 Å². The molecule has 1 aliphatic rings. The molecule has 0 bridgehead atoms. The quantitative estimate of drug-likeness (QED) is 0.392. The maximum atomic E-state index is 12.7. The maximum Gasteiger partial charge on any atom is 0.416 e. The zero-order valence-electron chi connectivity index (χ0n) is 16.4. The summed E-state index contributed by atoms with van der Waals surface area (Å²) >= 11 is 0. The number of carbonyl (C=O) groups excluding carboxylic acids is 1. The second-order valence-corrected chi connectivity index (χ2v) is 6.92. The van der Waals surface area contributed by atoms with E-state index >= 15 is 0 Å². The van der Waals surface area contributed by atoms with Gasteiger partial charge in [0, 0.05) is 30.4 Å². The fraction of sp³-hybridized carbons (Fsp3) is 0.300. The molecule has 1 amide bonds. The molecule has 0 aromatic heterocycles. The lowest BCUT2D eigenvalue weighted by Gasteiger charge is -2.17. The zero-order valence-corrected chi connectivity index (χ0v) is 16.4. The Balaban J connectivity index is 1.57. The van der Waals surface area contributed by atoms with E-state index in [4.69, 9.17) is 0 Å². The zero-order chi connectivity index (χ0) is 22.4. The molecule has 2 aromatic rings. The van der Waals surface area contributed by atoms with Crippen molar-refractivity contribution in [2.45, 2.75) is 19.0 Å². The Labute approximate surface area is 175 Å². The molecule has 1 fully saturated rings. The van der Waals surface area contributed by atoms with Crippen LogP contribution in [0.1, 0.15) is 24.0 Å². The highest BCUT2D eigenvalue weighted by atomic mass is 19.4. The van der Waals surface area contributed by atoms with E-state index in [2.05, 4.69) is 15.8 Å². The van der Waals surface area contributed by atoms with Gasteiger partial charge >= 0.3 is 6.18 Å². The Hall–Kier alpha value is -3.63. The van der Waals surface area contributed by atoms with Crippen molar-refractivity contribution in [1.82, 2.24) is 5.43 Å². The summed E-state index contributed by atoms with van der Waals surface area (Å²) in [6.07, 6.45) is -1.23. The van der Waals surface area contributed by atoms with E-state index in [1.54, 1.807) is 12.1 Å². The summed E-state index contributed by atoms with van der Waals surface area (Å²) in [7, 11) is 0. The smallest absolute Gasteiger partial charge is 0.376 e. The Morgan fingerprint density at radius 2 is 1.94 bits per heavy atom. The third kappa shape index (κ3) is 5.93. The highest BCUT2D eigenvalue weighted by Gasteiger charge is 2.30. The van der Waals surface area contributed by atoms with Gasteiger partial charge < -0.3 is 10.2 Å². The SMILES string of the molecule is O=C(CNc1cccc(C(F)(F)F)c1)N/N=C\c1ccc(N2CCCC2)c([N+](=O)[O-])c1. The fourth-order valence-corrected chi connectivity index (χ4v) is 3.20. The van der Waals surface area contributed by atoms with Gasteiger partial charge in [0.15, 0.2) is 0 Å². The van der Waals surface area contributed by atoms with Gasteiger partial charge in [-0.15, -0.1) is 0 Å². The number of nitrogens with zero attached hydrogens (tertiary/aromatic N) is 3. The predicted octanol–water partition coefficient (Wildman–Crippen LogP) is 3.78. The van der Waals surface area contributed by atoms with Crippen LogP contribution in [0.5, 0.6) is 0 Å². The van der Waals surface area contributed by atoms with Crippen LogP contribution >= 0.6 is 0 Å². The predicted molar refractivity (Wildman–Crippen MR) is 110 cm³/mol. The summed E-state index contributed by atoms with van der Waals surface area (Å²) in [5.41, 5.74) is 2.49. The van der Waals surface area contributed by atoms with Crippen molar-refractivity contribution in [3.63, 3.8) is 0 Å². The van der Waals surface area contributed by atoms with Crippen molar-refractivity contribution in [2.75, 3.05) is 29.9 Å². The van der Waals surface area contributed by atoms with E-state index in [9.17, 15) is 28.1 Å². The minimum Gasteiger partial charge on any atom is -0.376 e. The van der Waals surface area contributed by atoms with Gasteiger partial charge in [0.1, 0.15) is 5.69 Å². The first kappa shape index (κ1) is 22.1. The molecule has 0 spiro atoms. The minimum absolute atomic E-state index is 0.0385. The first-order valence-electron chi connectivity index (χ1n) is 9.50. The molecule has 1 saturated heterocycles. The van der Waals surface area contributed by atoms with E-state index in [-0.39, 0.29) is 17.9 Å². The number of nitro benzene ring substituents is 1. The lowest BCUT2D eigenvalue weighted by molar-refractivity contribution is -0.384. The van der Waals surface area contributed by atoms with E-state index in [1.807, 2.05) is 4.90 Å². The van der Waals surface area contributed by atoms with Crippen LogP contribution in [0.2, 0.25) is 0 Å². The van der Waals surface area contributed by atoms with Gasteiger partial charge in [-0.1, -0.05) is 12.1 Å². The Morgan fingerprint density at radius 1 is 1.19 bits per heavy atom. The average molecular weight is 435 g/mol. The third-order valence-electron chi connectivity index (χ3n) is 4.69. The first-order chi connectivity index (χ1) is 14.7. The molecule has 1 heterocycles. The molecular formula is C20H20F3N5O3. The number of hydrogen-bond donors (Lipinski definition) is 2. The first-order valence-corrected chi connectivity index (χ1v) is 9.50. The summed E-state index contributed by atoms with van der Waals surface area (Å²) in [6, 6.07) is 9.18. The van der Waals surface area contributed by atoms with Crippen LogP contribution in [0.3, 0.4) is 0 Å². The van der Waals surface area contributed by atoms with Crippen LogP contribution in [-0.4, -0.2) is 36.7 Å². The van der Waals surface area contributed by atoms with Gasteiger partial charge in [0.25, 0.3) is 11.6 Å². The molecule has 0 radical (unpaired) electrons. The maximum absolute atomic E-state index is 12.7. The molecule has 3 rings (SSSR count). The van der Waals surface area contributed by atoms with Gasteiger partial charge in [-0.05, 0) is 37.1 Å². The number of hydrazone groups is 1. The molecule has 2 aromatic carbocycles. The molecule has 11 heteroatoms. The number of alkyl halides is 3. The molecule has 2 N–H and O–H groups in total. The van der Waals surface area contributed by atoms with Crippen LogP contribution in [0, 0.1) is 10.1 Å². The molecule has 1 aliphatic heterocycles. The summed E-state index contributed by atoms with van der Waals surface area (Å²) in [5, 5.41) is 17.7. The largest absolute Gasteiger partial charge is 0.416 e. The number of rotatable bonds is 7. The standard InChI is InChI=1S/C20H20F3N5O3/c21-20(22,23)15-4-3-5-16(11-15)24-13-19(29)26-25-12-14-6-7-17(18(10-14)28(30)31)27-8-1-2-9-27/h3-7,10-12,24H,1-2,8-9,13H2,(H,26,29)/b25-12-. The Bertz CT molecular complexity index is 988. The van der Waals surface area contributed by atoms with Crippen molar-refractivity contribution in [3.05, 3.63) is 63.7 Å². The number of nitro groups is 1. The van der Waals surface area contributed by atoms with Crippen molar-refractivity contribution >= 4 is 29.2 Å². The second-order valence-electron chi connectivity index (χ2n) is 6.92. The molecule has 164 valence electrons. The van der Waals surface area contributed by atoms with Gasteiger partial charge in [0.2, 0.25) is 0 Å². The summed E-state index contributed by atoms with van der Waals surface area (Å²) in [4.78, 5) is 24.8. The van der Waals surface area contributed by atoms with E-state index < -0.39 is 22.6 Å². The summed E-state index contributed by atoms with van der Waals surface area (Å²) in [5.74, 6) is -0.586. The lowest BCUT2D eigenvalue weighted by Crippen LogP contribution is -2.26. The summed E-state index contributed by atoms with van der Waals surface area (Å²) in [6.45, 7) is 1.24. The summed E-state index contributed by atoms with van der Waals surface area (Å²) < 4.78 is 38.1. The minimum atomic E-state index is -4.48. The van der Waals surface area contributed by atoms with Crippen LogP contribution in [0.15, 0.2) is 47.6 Å². The number of carbonyl (C=O) groups is 1. The Morgan fingerprint density at radius 3 is 2.61 bits per heavy atom. The van der Waals surface area contributed by atoms with Crippen LogP contribution < -0.4 is 15.6 Å². The van der Waals surface area contributed by atoms with E-state index in [0.29, 0.717) is 11.3 Å². The molecule has 8 nitrogen and oxygen atoms in total. The number of amides is 1. The molecule has 0 saturated carbocycles. The number of anilines is 2. The van der Waals surface area contributed by atoms with Gasteiger partial charge in [-0.2, -0.15) is 18.3 Å². The van der Waals surface area contributed by atoms with E-state index in [1.165, 1.54) is 24.4 Å². The second kappa shape index (κ2) is 9.45. The van der Waals surface area contributed by atoms with Crippen molar-refractivity contribution in [2.24, 2.45) is 5.10 Å². The van der Waals surface area contributed by atoms with Gasteiger partial charge in [-0.3, -0.25) is 14.9 Å². The molecule has 31 heavy (non-hydrogen) atoms. The highest BCUT2D eigenvalue weighted by molar-refractivity contribution is 5.86.